The van der Waals surface area contributed by atoms with Crippen molar-refractivity contribution >= 4 is 11.6 Å². The maximum Gasteiger partial charge on any atom is 0.416 e. The number of halogens is 6. The zero-order valence-electron chi connectivity index (χ0n) is 16.4. The minimum absolute atomic E-state index is 0.0230. The topological polar surface area (TPSA) is 23.6 Å². The Labute approximate surface area is 169 Å². The fraction of sp³-hybridized carbons (Fsp3) is 0.381. The number of carbonyl (C=O) groups is 1. The van der Waals surface area contributed by atoms with Gasteiger partial charge >= 0.3 is 12.4 Å². The van der Waals surface area contributed by atoms with Crippen molar-refractivity contribution in [1.82, 2.24) is 4.90 Å². The largest absolute Gasteiger partial charge is 0.416 e. The summed E-state index contributed by atoms with van der Waals surface area (Å²) in [4.78, 5) is 16.0. The van der Waals surface area contributed by atoms with Gasteiger partial charge in [-0.05, 0) is 49.2 Å². The molecule has 1 aliphatic rings. The Morgan fingerprint density at radius 3 is 1.87 bits per heavy atom. The highest BCUT2D eigenvalue weighted by Crippen LogP contribution is 2.36. The van der Waals surface area contributed by atoms with Crippen LogP contribution in [-0.2, 0) is 12.4 Å². The average molecular weight is 430 g/mol. The van der Waals surface area contributed by atoms with Crippen molar-refractivity contribution in [2.75, 3.05) is 31.1 Å². The lowest BCUT2D eigenvalue weighted by Crippen LogP contribution is -2.49. The van der Waals surface area contributed by atoms with Gasteiger partial charge in [0, 0.05) is 37.4 Å². The van der Waals surface area contributed by atoms with Gasteiger partial charge in [0.15, 0.2) is 0 Å². The van der Waals surface area contributed by atoms with Gasteiger partial charge in [-0.25, -0.2) is 0 Å². The molecule has 0 N–H and O–H groups in total. The number of hydrogen-bond acceptors (Lipinski definition) is 2. The van der Waals surface area contributed by atoms with Crippen molar-refractivity contribution in [3.63, 3.8) is 0 Å². The summed E-state index contributed by atoms with van der Waals surface area (Å²) >= 11 is 0. The third-order valence-corrected chi connectivity index (χ3v) is 5.32. The molecule has 2 aromatic rings. The summed E-state index contributed by atoms with van der Waals surface area (Å²) in [7, 11) is 0. The molecule has 162 valence electrons. The lowest BCUT2D eigenvalue weighted by atomic mass is 10.0. The Morgan fingerprint density at radius 1 is 0.833 bits per heavy atom. The molecule has 0 bridgehead atoms. The molecule has 1 amide bonds. The molecule has 3 rings (SSSR count). The van der Waals surface area contributed by atoms with E-state index in [0.29, 0.717) is 25.2 Å². The third-order valence-electron chi connectivity index (χ3n) is 5.32. The summed E-state index contributed by atoms with van der Waals surface area (Å²) in [6, 6.07) is 6.82. The first kappa shape index (κ1) is 22.0. The van der Waals surface area contributed by atoms with Gasteiger partial charge in [0.1, 0.15) is 0 Å². The Kier molecular flexibility index (Phi) is 5.75. The normalized spacial score (nSPS) is 15.5. The van der Waals surface area contributed by atoms with E-state index >= 15 is 0 Å². The number of hydrogen-bond donors (Lipinski definition) is 0. The molecular formula is C21H20F6N2O. The van der Waals surface area contributed by atoms with E-state index in [0.717, 1.165) is 16.8 Å². The molecular weight excluding hydrogens is 410 g/mol. The van der Waals surface area contributed by atoms with Crippen LogP contribution < -0.4 is 4.90 Å². The fourth-order valence-electron chi connectivity index (χ4n) is 3.49. The number of rotatable bonds is 2. The van der Waals surface area contributed by atoms with Gasteiger partial charge in [-0.2, -0.15) is 26.3 Å². The molecule has 1 heterocycles. The molecule has 1 fully saturated rings. The van der Waals surface area contributed by atoms with Gasteiger partial charge < -0.3 is 9.80 Å². The first-order chi connectivity index (χ1) is 13.9. The second-order valence-electron chi connectivity index (χ2n) is 7.29. The van der Waals surface area contributed by atoms with E-state index in [2.05, 4.69) is 4.90 Å². The summed E-state index contributed by atoms with van der Waals surface area (Å²) in [6.45, 7) is 5.21. The predicted molar refractivity (Wildman–Crippen MR) is 100 cm³/mol. The lowest BCUT2D eigenvalue weighted by molar-refractivity contribution is -0.143. The zero-order chi connectivity index (χ0) is 22.3. The maximum absolute atomic E-state index is 13.1. The standard InChI is InChI=1S/C21H20F6N2O/c1-13-4-3-5-18(14(13)2)28-6-8-29(9-7-28)19(30)15-10-16(20(22,23)24)12-17(11-15)21(25,26)27/h3-5,10-12H,6-9H2,1-2H3. The molecule has 0 spiro atoms. The smallest absolute Gasteiger partial charge is 0.368 e. The summed E-state index contributed by atoms with van der Waals surface area (Å²) < 4.78 is 78.3. The number of anilines is 1. The lowest BCUT2D eigenvalue weighted by Gasteiger charge is -2.37. The van der Waals surface area contributed by atoms with Crippen LogP contribution in [0.25, 0.3) is 0 Å². The van der Waals surface area contributed by atoms with Crippen LogP contribution in [0.5, 0.6) is 0 Å². The molecule has 0 unspecified atom stereocenters. The molecule has 1 aliphatic heterocycles. The molecule has 0 radical (unpaired) electrons. The Morgan fingerprint density at radius 2 is 1.37 bits per heavy atom. The Bertz CT molecular complexity index is 911. The van der Waals surface area contributed by atoms with E-state index in [1.54, 1.807) is 0 Å². The van der Waals surface area contributed by atoms with Crippen LogP contribution in [0.1, 0.15) is 32.6 Å². The van der Waals surface area contributed by atoms with Crippen molar-refractivity contribution in [3.05, 3.63) is 64.2 Å². The Balaban J connectivity index is 1.82. The molecule has 0 aliphatic carbocycles. The number of carbonyl (C=O) groups excluding carboxylic acids is 1. The average Bonchev–Trinajstić information content (AvgIpc) is 2.68. The number of aryl methyl sites for hydroxylation is 1. The van der Waals surface area contributed by atoms with Crippen molar-refractivity contribution in [1.29, 1.82) is 0 Å². The summed E-state index contributed by atoms with van der Waals surface area (Å²) in [5.41, 5.74) is -0.401. The summed E-state index contributed by atoms with van der Waals surface area (Å²) in [5, 5.41) is 0. The monoisotopic (exact) mass is 430 g/mol. The summed E-state index contributed by atoms with van der Waals surface area (Å²) in [6.07, 6.45) is -9.98. The highest BCUT2D eigenvalue weighted by molar-refractivity contribution is 5.95. The van der Waals surface area contributed by atoms with Gasteiger partial charge in [0.05, 0.1) is 11.1 Å². The second kappa shape index (κ2) is 7.85. The van der Waals surface area contributed by atoms with Crippen LogP contribution in [-0.4, -0.2) is 37.0 Å². The Hall–Kier alpha value is -2.71. The minimum atomic E-state index is -4.99. The molecule has 30 heavy (non-hydrogen) atoms. The van der Waals surface area contributed by atoms with Crippen LogP contribution in [0.15, 0.2) is 36.4 Å². The molecule has 0 saturated carbocycles. The zero-order valence-corrected chi connectivity index (χ0v) is 16.4. The van der Waals surface area contributed by atoms with Crippen LogP contribution >= 0.6 is 0 Å². The van der Waals surface area contributed by atoms with Crippen molar-refractivity contribution < 1.29 is 31.1 Å². The molecule has 0 aromatic heterocycles. The number of piperazine rings is 1. The van der Waals surface area contributed by atoms with Gasteiger partial charge in [0.25, 0.3) is 5.91 Å². The highest BCUT2D eigenvalue weighted by Gasteiger charge is 2.38. The van der Waals surface area contributed by atoms with Crippen LogP contribution in [0.3, 0.4) is 0 Å². The highest BCUT2D eigenvalue weighted by atomic mass is 19.4. The van der Waals surface area contributed by atoms with E-state index < -0.39 is 35.0 Å². The van der Waals surface area contributed by atoms with Crippen molar-refractivity contribution in [2.24, 2.45) is 0 Å². The number of alkyl halides is 6. The molecule has 3 nitrogen and oxygen atoms in total. The van der Waals surface area contributed by atoms with E-state index in [4.69, 9.17) is 0 Å². The van der Waals surface area contributed by atoms with Gasteiger partial charge in [-0.1, -0.05) is 12.1 Å². The first-order valence-corrected chi connectivity index (χ1v) is 9.28. The number of amides is 1. The van der Waals surface area contributed by atoms with E-state index in [1.807, 2.05) is 32.0 Å². The quantitative estimate of drug-likeness (QED) is 0.604. The van der Waals surface area contributed by atoms with Crippen LogP contribution in [0.4, 0.5) is 32.0 Å². The van der Waals surface area contributed by atoms with Crippen molar-refractivity contribution in [3.8, 4) is 0 Å². The molecule has 0 atom stereocenters. The molecule has 9 heteroatoms. The van der Waals surface area contributed by atoms with E-state index in [1.165, 1.54) is 4.90 Å². The maximum atomic E-state index is 13.1. The van der Waals surface area contributed by atoms with Gasteiger partial charge in [-0.15, -0.1) is 0 Å². The van der Waals surface area contributed by atoms with Crippen LogP contribution in [0, 0.1) is 13.8 Å². The van der Waals surface area contributed by atoms with Gasteiger partial charge in [-0.3, -0.25) is 4.79 Å². The second-order valence-corrected chi connectivity index (χ2v) is 7.29. The predicted octanol–water partition coefficient (Wildman–Crippen LogP) is 5.30. The van der Waals surface area contributed by atoms with E-state index in [9.17, 15) is 31.1 Å². The molecule has 1 saturated heterocycles. The fourth-order valence-corrected chi connectivity index (χ4v) is 3.49. The number of nitrogens with zero attached hydrogens (tertiary/aromatic N) is 2. The van der Waals surface area contributed by atoms with Crippen LogP contribution in [0.2, 0.25) is 0 Å². The third kappa shape index (κ3) is 4.55. The summed E-state index contributed by atoms with van der Waals surface area (Å²) in [5.74, 6) is -0.841. The van der Waals surface area contributed by atoms with Gasteiger partial charge in [0.2, 0.25) is 0 Å². The SMILES string of the molecule is Cc1cccc(N2CCN(C(=O)c3cc(C(F)(F)F)cc(C(F)(F)F)c3)CC2)c1C. The first-order valence-electron chi connectivity index (χ1n) is 9.28. The number of benzene rings is 2. The molecule has 2 aromatic carbocycles. The van der Waals surface area contributed by atoms with Crippen molar-refractivity contribution in [2.45, 2.75) is 26.2 Å². The minimum Gasteiger partial charge on any atom is -0.368 e. The van der Waals surface area contributed by atoms with E-state index in [-0.39, 0.29) is 19.2 Å².